The normalized spacial score (nSPS) is 14.2. The molecule has 1 N–H and O–H groups in total. The van der Waals surface area contributed by atoms with Gasteiger partial charge >= 0.3 is 0 Å². The first-order valence-corrected chi connectivity index (χ1v) is 15.0. The topological polar surface area (TPSA) is 79.4 Å². The van der Waals surface area contributed by atoms with Gasteiger partial charge in [-0.2, -0.15) is 0 Å². The minimum atomic E-state index is -3.80. The van der Waals surface area contributed by atoms with Crippen LogP contribution in [-0.4, -0.2) is 43.1 Å². The molecular weight excluding hydrogens is 522 g/mol. The number of hydrogen-bond donors (Lipinski definition) is 1. The number of para-hydroxylation sites is 1. The Labute approximate surface area is 217 Å². The molecule has 2 aromatic heterocycles. The Balaban J connectivity index is 1.48. The van der Waals surface area contributed by atoms with E-state index in [0.29, 0.717) is 10.0 Å². The maximum absolute atomic E-state index is 13.0. The van der Waals surface area contributed by atoms with E-state index >= 15 is 0 Å². The minimum absolute atomic E-state index is 0.0733. The average molecular weight is 546 g/mol. The van der Waals surface area contributed by atoms with E-state index in [9.17, 15) is 13.2 Å². The number of nitrogens with one attached hydrogen (secondary N) is 1. The van der Waals surface area contributed by atoms with Crippen molar-refractivity contribution < 1.29 is 13.2 Å². The number of carbonyl (C=O) groups excluding carboxylic acids is 1. The first kappa shape index (κ1) is 24.4. The summed E-state index contributed by atoms with van der Waals surface area (Å²) in [5, 5.41) is 4.88. The Morgan fingerprint density at radius 2 is 1.91 bits per heavy atom. The van der Waals surface area contributed by atoms with Crippen LogP contribution < -0.4 is 5.32 Å². The summed E-state index contributed by atoms with van der Waals surface area (Å²) in [5.41, 5.74) is 3.05. The lowest BCUT2D eigenvalue weighted by atomic mass is 10.0. The number of rotatable bonds is 7. The lowest BCUT2D eigenvalue weighted by Gasteiger charge is -2.26. The van der Waals surface area contributed by atoms with Gasteiger partial charge in [0, 0.05) is 28.6 Å². The summed E-state index contributed by atoms with van der Waals surface area (Å²) in [6.07, 6.45) is 1.95. The third-order valence-electron chi connectivity index (χ3n) is 5.93. The number of hydrogen-bond acceptors (Lipinski definition) is 7. The Morgan fingerprint density at radius 1 is 1.14 bits per heavy atom. The van der Waals surface area contributed by atoms with Crippen molar-refractivity contribution in [1.82, 2.24) is 9.88 Å². The standard InChI is InChI=1S/C25H24ClN3O3S3/c1-2-12-29-13-11-18-21(14-29)34-25(23(18)24-27-19-5-3-4-6-20(19)33-24)28-22(30)15-35(31,32)17-9-7-16(26)8-10-17/h3-10H,2,11-15H2,1H3,(H,28,30). The van der Waals surface area contributed by atoms with Gasteiger partial charge in [0.05, 0.1) is 15.1 Å². The molecule has 6 nitrogen and oxygen atoms in total. The van der Waals surface area contributed by atoms with Crippen LogP contribution >= 0.6 is 34.3 Å². The van der Waals surface area contributed by atoms with Crippen LogP contribution in [-0.2, 0) is 27.6 Å². The van der Waals surface area contributed by atoms with E-state index in [1.54, 1.807) is 11.3 Å². The van der Waals surface area contributed by atoms with E-state index in [1.165, 1.54) is 46.0 Å². The zero-order valence-corrected chi connectivity index (χ0v) is 22.3. The van der Waals surface area contributed by atoms with E-state index in [1.807, 2.05) is 24.3 Å². The lowest BCUT2D eigenvalue weighted by Crippen LogP contribution is -2.30. The van der Waals surface area contributed by atoms with Crippen LogP contribution in [0.3, 0.4) is 0 Å². The molecule has 0 atom stereocenters. The maximum Gasteiger partial charge on any atom is 0.240 e. The first-order valence-electron chi connectivity index (χ1n) is 11.3. The van der Waals surface area contributed by atoms with Crippen molar-refractivity contribution in [3.8, 4) is 10.6 Å². The minimum Gasteiger partial charge on any atom is -0.316 e. The number of carbonyl (C=O) groups is 1. The second kappa shape index (κ2) is 9.99. The lowest BCUT2D eigenvalue weighted by molar-refractivity contribution is -0.113. The summed E-state index contributed by atoms with van der Waals surface area (Å²) in [6, 6.07) is 13.8. The second-order valence-corrected chi connectivity index (χ2v) is 13.0. The molecule has 0 saturated carbocycles. The molecular formula is C25H24ClN3O3S3. The van der Waals surface area contributed by atoms with Crippen molar-refractivity contribution in [2.75, 3.05) is 24.2 Å². The summed E-state index contributed by atoms with van der Waals surface area (Å²) in [5.74, 6) is -1.20. The molecule has 0 bridgehead atoms. The van der Waals surface area contributed by atoms with Gasteiger partial charge in [-0.1, -0.05) is 30.7 Å². The molecule has 1 aliphatic rings. The SMILES string of the molecule is CCCN1CCc2c(sc(NC(=O)CS(=O)(=O)c3ccc(Cl)cc3)c2-c2nc3ccccc3s2)C1. The van der Waals surface area contributed by atoms with Gasteiger partial charge in [0.15, 0.2) is 9.84 Å². The van der Waals surface area contributed by atoms with Crippen molar-refractivity contribution >= 4 is 65.2 Å². The van der Waals surface area contributed by atoms with Crippen molar-refractivity contribution in [3.05, 3.63) is 64.0 Å². The van der Waals surface area contributed by atoms with E-state index < -0.39 is 21.5 Å². The van der Waals surface area contributed by atoms with Gasteiger partial charge < -0.3 is 5.32 Å². The smallest absolute Gasteiger partial charge is 0.240 e. The summed E-state index contributed by atoms with van der Waals surface area (Å²) in [6.45, 7) is 4.97. The number of thiazole rings is 1. The van der Waals surface area contributed by atoms with Gasteiger partial charge in [0.1, 0.15) is 15.8 Å². The Hall–Kier alpha value is -2.30. The molecule has 1 amide bonds. The van der Waals surface area contributed by atoms with Gasteiger partial charge in [-0.15, -0.1) is 22.7 Å². The van der Waals surface area contributed by atoms with E-state index in [0.717, 1.165) is 53.3 Å². The summed E-state index contributed by atoms with van der Waals surface area (Å²) < 4.78 is 26.7. The number of fused-ring (bicyclic) bond motifs is 2. The Kier molecular flexibility index (Phi) is 6.96. The van der Waals surface area contributed by atoms with Gasteiger partial charge in [-0.25, -0.2) is 13.4 Å². The molecule has 0 saturated heterocycles. The fourth-order valence-corrected chi connectivity index (χ4v) is 7.99. The number of aromatic nitrogens is 1. The molecule has 3 heterocycles. The highest BCUT2D eigenvalue weighted by atomic mass is 35.5. The highest BCUT2D eigenvalue weighted by Crippen LogP contribution is 2.45. The number of benzene rings is 2. The predicted octanol–water partition coefficient (Wildman–Crippen LogP) is 5.86. The van der Waals surface area contributed by atoms with Crippen molar-refractivity contribution in [1.29, 1.82) is 0 Å². The molecule has 35 heavy (non-hydrogen) atoms. The van der Waals surface area contributed by atoms with E-state index in [2.05, 4.69) is 17.1 Å². The second-order valence-electron chi connectivity index (χ2n) is 8.48. The molecule has 182 valence electrons. The molecule has 2 aromatic carbocycles. The van der Waals surface area contributed by atoms with Crippen LogP contribution in [0, 0.1) is 0 Å². The van der Waals surface area contributed by atoms with Gasteiger partial charge in [-0.3, -0.25) is 9.69 Å². The fraction of sp³-hybridized carbons (Fsp3) is 0.280. The van der Waals surface area contributed by atoms with Crippen LogP contribution in [0.15, 0.2) is 53.4 Å². The highest BCUT2D eigenvalue weighted by molar-refractivity contribution is 7.92. The molecule has 10 heteroatoms. The molecule has 0 fully saturated rings. The van der Waals surface area contributed by atoms with Crippen molar-refractivity contribution in [2.24, 2.45) is 0 Å². The van der Waals surface area contributed by atoms with Crippen LogP contribution in [0.2, 0.25) is 5.02 Å². The van der Waals surface area contributed by atoms with E-state index in [4.69, 9.17) is 16.6 Å². The van der Waals surface area contributed by atoms with Crippen molar-refractivity contribution in [2.45, 2.75) is 31.2 Å². The number of halogens is 1. The number of thiophene rings is 1. The van der Waals surface area contributed by atoms with E-state index in [-0.39, 0.29) is 4.90 Å². The summed E-state index contributed by atoms with van der Waals surface area (Å²) in [7, 11) is -3.80. The van der Waals surface area contributed by atoms with Crippen LogP contribution in [0.4, 0.5) is 5.00 Å². The maximum atomic E-state index is 13.0. The Morgan fingerprint density at radius 3 is 2.66 bits per heavy atom. The molecule has 0 unspecified atom stereocenters. The zero-order chi connectivity index (χ0) is 24.6. The zero-order valence-electron chi connectivity index (χ0n) is 19.1. The van der Waals surface area contributed by atoms with Gasteiger partial charge in [-0.05, 0) is 61.3 Å². The molecule has 0 radical (unpaired) electrons. The fourth-order valence-electron chi connectivity index (χ4n) is 4.32. The number of anilines is 1. The molecule has 0 aliphatic carbocycles. The molecule has 0 spiro atoms. The highest BCUT2D eigenvalue weighted by Gasteiger charge is 2.28. The summed E-state index contributed by atoms with van der Waals surface area (Å²) >= 11 is 9.00. The largest absolute Gasteiger partial charge is 0.316 e. The molecule has 5 rings (SSSR count). The monoisotopic (exact) mass is 545 g/mol. The van der Waals surface area contributed by atoms with Gasteiger partial charge in [0.25, 0.3) is 0 Å². The number of amides is 1. The van der Waals surface area contributed by atoms with Gasteiger partial charge in [0.2, 0.25) is 5.91 Å². The predicted molar refractivity (Wildman–Crippen MR) is 144 cm³/mol. The summed E-state index contributed by atoms with van der Waals surface area (Å²) in [4.78, 5) is 21.5. The third-order valence-corrected chi connectivity index (χ3v) is 10.0. The quantitative estimate of drug-likeness (QED) is 0.315. The molecule has 4 aromatic rings. The number of sulfone groups is 1. The first-order chi connectivity index (χ1) is 16.8. The molecule has 1 aliphatic heterocycles. The van der Waals surface area contributed by atoms with Crippen molar-refractivity contribution in [3.63, 3.8) is 0 Å². The third kappa shape index (κ3) is 5.15. The van der Waals surface area contributed by atoms with Crippen LogP contribution in [0.5, 0.6) is 0 Å². The van der Waals surface area contributed by atoms with Crippen LogP contribution in [0.25, 0.3) is 20.8 Å². The Bertz CT molecular complexity index is 1460. The van der Waals surface area contributed by atoms with Crippen LogP contribution in [0.1, 0.15) is 23.8 Å². The number of nitrogens with zero attached hydrogens (tertiary/aromatic N) is 2. The average Bonchev–Trinajstić information content (AvgIpc) is 3.39.